The summed E-state index contributed by atoms with van der Waals surface area (Å²) in [6, 6.07) is 13.7. The average Bonchev–Trinajstić information content (AvgIpc) is 2.58. The number of carbonyl (C=O) groups excluding carboxylic acids is 1. The number of hydrogen-bond donors (Lipinski definition) is 3. The number of benzene rings is 2. The van der Waals surface area contributed by atoms with E-state index in [0.29, 0.717) is 16.8 Å². The predicted octanol–water partition coefficient (Wildman–Crippen LogP) is 2.66. The molecule has 0 heterocycles. The molecule has 5 nitrogen and oxygen atoms in total. The van der Waals surface area contributed by atoms with Gasteiger partial charge in [-0.2, -0.15) is 0 Å². The molecular formula is C16H15BrFN3O2S. The molecule has 0 bridgehead atoms. The minimum Gasteiger partial charge on any atom is -0.483 e. The van der Waals surface area contributed by atoms with Gasteiger partial charge in [-0.15, -0.1) is 0 Å². The molecule has 0 fully saturated rings. The maximum Gasteiger partial charge on any atom is 0.276 e. The molecule has 0 radical (unpaired) electrons. The first kappa shape index (κ1) is 18.2. The fourth-order valence-electron chi connectivity index (χ4n) is 1.72. The van der Waals surface area contributed by atoms with Gasteiger partial charge in [0.25, 0.3) is 5.91 Å². The minimum atomic E-state index is -0.421. The van der Waals surface area contributed by atoms with E-state index in [9.17, 15) is 9.18 Å². The van der Waals surface area contributed by atoms with Gasteiger partial charge in [0.15, 0.2) is 11.7 Å². The van der Waals surface area contributed by atoms with Crippen LogP contribution in [0.1, 0.15) is 5.56 Å². The lowest BCUT2D eigenvalue weighted by Gasteiger charge is -2.12. The molecule has 0 aromatic heterocycles. The molecule has 0 atom stereocenters. The second-order valence-electron chi connectivity index (χ2n) is 4.70. The lowest BCUT2D eigenvalue weighted by molar-refractivity contribution is -0.123. The Kier molecular flexibility index (Phi) is 6.95. The summed E-state index contributed by atoms with van der Waals surface area (Å²) in [7, 11) is 0. The number of hydrogen-bond acceptors (Lipinski definition) is 3. The van der Waals surface area contributed by atoms with Crippen molar-refractivity contribution in [1.29, 1.82) is 0 Å². The normalized spacial score (nSPS) is 9.92. The summed E-state index contributed by atoms with van der Waals surface area (Å²) >= 11 is 8.22. The highest BCUT2D eigenvalue weighted by molar-refractivity contribution is 9.10. The van der Waals surface area contributed by atoms with E-state index < -0.39 is 11.7 Å². The molecule has 2 aromatic carbocycles. The third kappa shape index (κ3) is 6.13. The summed E-state index contributed by atoms with van der Waals surface area (Å²) in [4.78, 5) is 11.7. The number of rotatable bonds is 5. The Balaban J connectivity index is 1.68. The SMILES string of the molecule is O=C(COc1ccc(F)cc1Br)NNC(=S)NCc1ccccc1. The van der Waals surface area contributed by atoms with Crippen molar-refractivity contribution in [2.75, 3.05) is 6.61 Å². The van der Waals surface area contributed by atoms with Crippen molar-refractivity contribution < 1.29 is 13.9 Å². The van der Waals surface area contributed by atoms with Crippen LogP contribution in [0.4, 0.5) is 4.39 Å². The van der Waals surface area contributed by atoms with E-state index in [2.05, 4.69) is 32.1 Å². The molecule has 1 amide bonds. The van der Waals surface area contributed by atoms with Gasteiger partial charge in [0.1, 0.15) is 11.6 Å². The fourth-order valence-corrected chi connectivity index (χ4v) is 2.31. The van der Waals surface area contributed by atoms with Crippen LogP contribution in [0.25, 0.3) is 0 Å². The highest BCUT2D eigenvalue weighted by atomic mass is 79.9. The molecule has 0 aliphatic heterocycles. The van der Waals surface area contributed by atoms with Gasteiger partial charge in [-0.1, -0.05) is 30.3 Å². The maximum atomic E-state index is 13.0. The largest absolute Gasteiger partial charge is 0.483 e. The van der Waals surface area contributed by atoms with Crippen LogP contribution in [0.2, 0.25) is 0 Å². The molecule has 0 unspecified atom stereocenters. The van der Waals surface area contributed by atoms with E-state index in [1.54, 1.807) is 0 Å². The molecule has 0 aliphatic carbocycles. The zero-order chi connectivity index (χ0) is 17.4. The number of hydrazine groups is 1. The highest BCUT2D eigenvalue weighted by Gasteiger charge is 2.07. The van der Waals surface area contributed by atoms with E-state index in [0.717, 1.165) is 5.56 Å². The maximum absolute atomic E-state index is 13.0. The third-order valence-electron chi connectivity index (χ3n) is 2.86. The van der Waals surface area contributed by atoms with Crippen molar-refractivity contribution in [3.63, 3.8) is 0 Å². The van der Waals surface area contributed by atoms with Crippen molar-refractivity contribution in [3.8, 4) is 5.75 Å². The van der Waals surface area contributed by atoms with E-state index in [-0.39, 0.29) is 11.7 Å². The Hall–Kier alpha value is -2.19. The molecule has 2 aromatic rings. The molecule has 2 rings (SSSR count). The van der Waals surface area contributed by atoms with Crippen molar-refractivity contribution in [2.24, 2.45) is 0 Å². The summed E-state index contributed by atoms with van der Waals surface area (Å²) < 4.78 is 18.7. The third-order valence-corrected chi connectivity index (χ3v) is 3.73. The van der Waals surface area contributed by atoms with Gasteiger partial charge >= 0.3 is 0 Å². The summed E-state index contributed by atoms with van der Waals surface area (Å²) in [5.74, 6) is -0.443. The summed E-state index contributed by atoms with van der Waals surface area (Å²) in [6.45, 7) is 0.306. The zero-order valence-corrected chi connectivity index (χ0v) is 14.9. The topological polar surface area (TPSA) is 62.4 Å². The van der Waals surface area contributed by atoms with Crippen LogP contribution in [0.3, 0.4) is 0 Å². The van der Waals surface area contributed by atoms with Crippen LogP contribution in [0, 0.1) is 5.82 Å². The predicted molar refractivity (Wildman–Crippen MR) is 96.8 cm³/mol. The summed E-state index contributed by atoms with van der Waals surface area (Å²) in [6.07, 6.45) is 0. The van der Waals surface area contributed by atoms with E-state index in [4.69, 9.17) is 17.0 Å². The molecule has 0 saturated heterocycles. The fraction of sp³-hybridized carbons (Fsp3) is 0.125. The standard InChI is InChI=1S/C16H15BrFN3O2S/c17-13-8-12(18)6-7-14(13)23-10-15(22)20-21-16(24)19-9-11-4-2-1-3-5-11/h1-8H,9-10H2,(H,20,22)(H2,19,21,24). The van der Waals surface area contributed by atoms with E-state index >= 15 is 0 Å². The molecule has 8 heteroatoms. The number of nitrogens with one attached hydrogen (secondary N) is 3. The first-order valence-corrected chi connectivity index (χ1v) is 8.19. The van der Waals surface area contributed by atoms with Gasteiger partial charge in [-0.05, 0) is 51.9 Å². The van der Waals surface area contributed by atoms with Crippen LogP contribution in [0.15, 0.2) is 53.0 Å². The lowest BCUT2D eigenvalue weighted by Crippen LogP contribution is -2.48. The lowest BCUT2D eigenvalue weighted by atomic mass is 10.2. The molecule has 0 saturated carbocycles. The zero-order valence-electron chi connectivity index (χ0n) is 12.5. The van der Waals surface area contributed by atoms with Gasteiger partial charge in [-0.3, -0.25) is 15.6 Å². The molecule has 126 valence electrons. The van der Waals surface area contributed by atoms with Crippen LogP contribution >= 0.6 is 28.1 Å². The average molecular weight is 412 g/mol. The first-order valence-electron chi connectivity index (χ1n) is 6.99. The number of thiocarbonyl (C=S) groups is 1. The Morgan fingerprint density at radius 1 is 1.17 bits per heavy atom. The van der Waals surface area contributed by atoms with Crippen LogP contribution in [-0.2, 0) is 11.3 Å². The second kappa shape index (κ2) is 9.19. The van der Waals surface area contributed by atoms with Crippen molar-refractivity contribution >= 4 is 39.2 Å². The van der Waals surface area contributed by atoms with E-state index in [1.165, 1.54) is 18.2 Å². The summed E-state index contributed by atoms with van der Waals surface area (Å²) in [5, 5.41) is 3.25. The number of amides is 1. The van der Waals surface area contributed by atoms with Gasteiger partial charge in [0.05, 0.1) is 4.47 Å². The number of ether oxygens (including phenoxy) is 1. The molecule has 24 heavy (non-hydrogen) atoms. The van der Waals surface area contributed by atoms with Gasteiger partial charge in [0.2, 0.25) is 0 Å². The number of halogens is 2. The highest BCUT2D eigenvalue weighted by Crippen LogP contribution is 2.25. The molecule has 0 spiro atoms. The Morgan fingerprint density at radius 2 is 1.92 bits per heavy atom. The van der Waals surface area contributed by atoms with Crippen molar-refractivity contribution in [1.82, 2.24) is 16.2 Å². The van der Waals surface area contributed by atoms with Crippen LogP contribution < -0.4 is 20.9 Å². The first-order chi connectivity index (χ1) is 11.5. The molecular weight excluding hydrogens is 397 g/mol. The molecule has 0 aliphatic rings. The summed E-state index contributed by atoms with van der Waals surface area (Å²) in [5.41, 5.74) is 6.06. The number of carbonyl (C=O) groups is 1. The Morgan fingerprint density at radius 3 is 2.62 bits per heavy atom. The van der Waals surface area contributed by atoms with Gasteiger partial charge in [-0.25, -0.2) is 4.39 Å². The van der Waals surface area contributed by atoms with Crippen LogP contribution in [-0.4, -0.2) is 17.6 Å². The Labute approximate surface area is 152 Å². The van der Waals surface area contributed by atoms with Crippen molar-refractivity contribution in [2.45, 2.75) is 6.54 Å². The van der Waals surface area contributed by atoms with Gasteiger partial charge in [0, 0.05) is 6.54 Å². The van der Waals surface area contributed by atoms with Crippen LogP contribution in [0.5, 0.6) is 5.75 Å². The minimum absolute atomic E-state index is 0.238. The quantitative estimate of drug-likeness (QED) is 0.521. The van der Waals surface area contributed by atoms with Crippen molar-refractivity contribution in [3.05, 3.63) is 64.4 Å². The monoisotopic (exact) mass is 411 g/mol. The van der Waals surface area contributed by atoms with Gasteiger partial charge < -0.3 is 10.1 Å². The molecule has 3 N–H and O–H groups in total. The smallest absolute Gasteiger partial charge is 0.276 e. The van der Waals surface area contributed by atoms with E-state index in [1.807, 2.05) is 30.3 Å². The second-order valence-corrected chi connectivity index (χ2v) is 5.97. The Bertz CT molecular complexity index is 716.